The minimum Gasteiger partial charge on any atom is -0.508 e. The van der Waals surface area contributed by atoms with Gasteiger partial charge in [-0.25, -0.2) is 4.79 Å². The molecule has 0 saturated heterocycles. The Kier molecular flexibility index (Phi) is 7.88. The van der Waals surface area contributed by atoms with Crippen molar-refractivity contribution in [2.24, 2.45) is 56.7 Å². The van der Waals surface area contributed by atoms with Gasteiger partial charge in [-0.2, -0.15) is 0 Å². The normalized spacial score (nSPS) is 48.0. The molecule has 254 valence electrons. The van der Waals surface area contributed by atoms with Crippen LogP contribution in [0.15, 0.2) is 30.3 Å². The molecular formula is C39H56O7. The van der Waals surface area contributed by atoms with Crippen LogP contribution in [0.1, 0.15) is 112 Å². The van der Waals surface area contributed by atoms with Crippen molar-refractivity contribution in [3.63, 3.8) is 0 Å². The lowest BCUT2D eigenvalue weighted by Crippen LogP contribution is -2.71. The molecular weight excluding hydrogens is 580 g/mol. The van der Waals surface area contributed by atoms with Gasteiger partial charge in [-0.05, 0) is 128 Å². The van der Waals surface area contributed by atoms with Gasteiger partial charge in [-0.15, -0.1) is 0 Å². The molecule has 0 spiro atoms. The number of carboxylic acid groups (broad SMARTS) is 1. The third-order valence-corrected chi connectivity index (χ3v) is 15.5. The number of hydrogen-bond acceptors (Lipinski definition) is 6. The van der Waals surface area contributed by atoms with Crippen molar-refractivity contribution < 1.29 is 34.8 Å². The second-order valence-electron chi connectivity index (χ2n) is 17.6. The summed E-state index contributed by atoms with van der Waals surface area (Å²) in [5.74, 6) is -0.611. The average molecular weight is 637 g/mol. The molecule has 46 heavy (non-hydrogen) atoms. The first-order valence-electron chi connectivity index (χ1n) is 17.7. The van der Waals surface area contributed by atoms with E-state index >= 15 is 0 Å². The molecule has 12 atom stereocenters. The topological polar surface area (TPSA) is 124 Å². The summed E-state index contributed by atoms with van der Waals surface area (Å²) < 4.78 is 6.04. The van der Waals surface area contributed by atoms with E-state index < -0.39 is 40.6 Å². The Morgan fingerprint density at radius 3 is 2.20 bits per heavy atom. The van der Waals surface area contributed by atoms with E-state index in [9.17, 15) is 30.0 Å². The smallest absolute Gasteiger partial charge is 0.331 e. The summed E-state index contributed by atoms with van der Waals surface area (Å²) in [7, 11) is 0. The molecule has 1 aromatic rings. The number of carboxylic acids is 1. The number of carbonyl (C=O) groups is 2. The Hall–Kier alpha value is -2.38. The Balaban J connectivity index is 1.28. The Bertz CT molecular complexity index is 1400. The summed E-state index contributed by atoms with van der Waals surface area (Å²) in [5, 5.41) is 44.1. The zero-order valence-electron chi connectivity index (χ0n) is 28.9. The number of carbonyl (C=O) groups excluding carboxylic acids is 1. The maximum absolute atomic E-state index is 13.0. The largest absolute Gasteiger partial charge is 0.508 e. The van der Waals surface area contributed by atoms with E-state index in [1.165, 1.54) is 6.08 Å². The molecule has 4 N–H and O–H groups in total. The fourth-order valence-corrected chi connectivity index (χ4v) is 12.9. The van der Waals surface area contributed by atoms with Crippen LogP contribution in [0, 0.1) is 56.7 Å². The molecule has 7 heteroatoms. The molecule has 0 radical (unpaired) electrons. The number of fused-ring (bicyclic) bond motifs is 7. The van der Waals surface area contributed by atoms with Gasteiger partial charge in [0.15, 0.2) is 0 Å². The highest BCUT2D eigenvalue weighted by molar-refractivity contribution is 5.87. The highest BCUT2D eigenvalue weighted by Gasteiger charge is 2.74. The molecule has 0 heterocycles. The molecule has 5 aliphatic rings. The van der Waals surface area contributed by atoms with Gasteiger partial charge < -0.3 is 25.2 Å². The van der Waals surface area contributed by atoms with Crippen molar-refractivity contribution in [2.75, 3.05) is 0 Å². The molecule has 0 amide bonds. The van der Waals surface area contributed by atoms with Gasteiger partial charge in [0.2, 0.25) is 0 Å². The number of ether oxygens (including phenoxy) is 1. The van der Waals surface area contributed by atoms with Crippen LogP contribution in [0.5, 0.6) is 5.75 Å². The van der Waals surface area contributed by atoms with Crippen LogP contribution in [0.25, 0.3) is 6.08 Å². The van der Waals surface area contributed by atoms with E-state index in [-0.39, 0.29) is 45.7 Å². The maximum Gasteiger partial charge on any atom is 0.331 e. The lowest BCUT2D eigenvalue weighted by Gasteiger charge is -2.74. The summed E-state index contributed by atoms with van der Waals surface area (Å²) in [6, 6.07) is 6.58. The van der Waals surface area contributed by atoms with Crippen molar-refractivity contribution in [1.82, 2.24) is 0 Å². The first-order chi connectivity index (χ1) is 21.3. The van der Waals surface area contributed by atoms with Gasteiger partial charge in [-0.3, -0.25) is 4.79 Å². The summed E-state index contributed by atoms with van der Waals surface area (Å²) in [6.07, 6.45) is 8.78. The van der Waals surface area contributed by atoms with Crippen LogP contribution < -0.4 is 0 Å². The summed E-state index contributed by atoms with van der Waals surface area (Å²) in [6.45, 7) is 15.5. The zero-order chi connectivity index (χ0) is 33.7. The van der Waals surface area contributed by atoms with Crippen LogP contribution in [-0.4, -0.2) is 50.2 Å². The molecule has 5 saturated carbocycles. The first kappa shape index (κ1) is 33.5. The van der Waals surface area contributed by atoms with E-state index in [1.54, 1.807) is 30.3 Å². The third kappa shape index (κ3) is 4.57. The van der Waals surface area contributed by atoms with Crippen molar-refractivity contribution in [2.45, 2.75) is 124 Å². The van der Waals surface area contributed by atoms with E-state index in [1.807, 2.05) is 6.92 Å². The number of aliphatic hydroxyl groups is 2. The van der Waals surface area contributed by atoms with Crippen LogP contribution >= 0.6 is 0 Å². The maximum atomic E-state index is 13.0. The standard InChI is InChI=1S/C39H56O7/c1-23-16-19-39(33(43)44)21-20-36(5)26(31(39)38(23,7)45)13-14-29-35(4)22-27(41)32(34(2,3)28(35)17-18-37(29,36)6)46-30(42)15-10-24-8-11-25(40)12-9-24/h8-12,15,23,26-29,31-32,40-41,45H,13-14,16-22H2,1-7H3,(H,43,44)/b15-10-/t23-,26-,27-,28+,29-,31-,32+,35+,36-,37-,38-,39+/m1/s1. The fourth-order valence-electron chi connectivity index (χ4n) is 12.9. The van der Waals surface area contributed by atoms with E-state index in [0.717, 1.165) is 44.1 Å². The third-order valence-electron chi connectivity index (χ3n) is 15.5. The Morgan fingerprint density at radius 2 is 1.54 bits per heavy atom. The van der Waals surface area contributed by atoms with Crippen LogP contribution in [0.4, 0.5) is 0 Å². The second-order valence-corrected chi connectivity index (χ2v) is 17.6. The first-order valence-corrected chi connectivity index (χ1v) is 17.7. The van der Waals surface area contributed by atoms with Gasteiger partial charge in [0, 0.05) is 17.4 Å². The number of esters is 1. The number of aliphatic hydroxyl groups excluding tert-OH is 1. The van der Waals surface area contributed by atoms with Crippen LogP contribution in [0.3, 0.4) is 0 Å². The Labute approximate surface area is 274 Å². The molecule has 0 aliphatic heterocycles. The quantitative estimate of drug-likeness (QED) is 0.203. The van der Waals surface area contributed by atoms with E-state index in [0.29, 0.717) is 25.2 Å². The van der Waals surface area contributed by atoms with Gasteiger partial charge >= 0.3 is 11.9 Å². The molecule has 1 aromatic carbocycles. The summed E-state index contributed by atoms with van der Waals surface area (Å²) in [4.78, 5) is 26.1. The van der Waals surface area contributed by atoms with Crippen molar-refractivity contribution >= 4 is 18.0 Å². The number of aliphatic carboxylic acids is 1. The molecule has 0 aromatic heterocycles. The number of hydrogen-bond donors (Lipinski definition) is 4. The Morgan fingerprint density at radius 1 is 0.870 bits per heavy atom. The molecule has 5 aliphatic carbocycles. The monoisotopic (exact) mass is 636 g/mol. The van der Waals surface area contributed by atoms with Crippen molar-refractivity contribution in [1.29, 1.82) is 0 Å². The summed E-state index contributed by atoms with van der Waals surface area (Å²) >= 11 is 0. The van der Waals surface area contributed by atoms with Crippen LogP contribution in [0.2, 0.25) is 0 Å². The van der Waals surface area contributed by atoms with Gasteiger partial charge in [0.05, 0.1) is 17.1 Å². The average Bonchev–Trinajstić information content (AvgIpc) is 2.97. The molecule has 7 nitrogen and oxygen atoms in total. The minimum absolute atomic E-state index is 0.0518. The van der Waals surface area contributed by atoms with Crippen LogP contribution in [-0.2, 0) is 14.3 Å². The van der Waals surface area contributed by atoms with Crippen molar-refractivity contribution in [3.05, 3.63) is 35.9 Å². The SMILES string of the molecule is C[C@@H]1CC[C@]2(C(=O)O)CC[C@]3(C)[C@H](CC[C@@H]4[C@@]5(C)C[C@@H](O)[C@H](OC(=O)/C=C\c6ccc(O)cc6)C(C)(C)[C@@H]5CC[C@]43C)[C@@H]2[C@]1(C)O. The predicted octanol–water partition coefficient (Wildman–Crippen LogP) is 7.23. The number of phenolic OH excluding ortho intramolecular Hbond substituents is 1. The summed E-state index contributed by atoms with van der Waals surface area (Å²) in [5.41, 5.74) is -1.99. The number of aromatic hydroxyl groups is 1. The van der Waals surface area contributed by atoms with Gasteiger partial charge in [0.1, 0.15) is 11.9 Å². The molecule has 5 fully saturated rings. The second kappa shape index (κ2) is 10.8. The lowest BCUT2D eigenvalue weighted by molar-refractivity contribution is -0.285. The highest BCUT2D eigenvalue weighted by atomic mass is 16.6. The number of rotatable bonds is 4. The van der Waals surface area contributed by atoms with Gasteiger partial charge in [0.25, 0.3) is 0 Å². The highest BCUT2D eigenvalue weighted by Crippen LogP contribution is 2.77. The molecule has 0 unspecified atom stereocenters. The number of benzene rings is 1. The van der Waals surface area contributed by atoms with E-state index in [2.05, 4.69) is 41.5 Å². The molecule has 6 rings (SSSR count). The van der Waals surface area contributed by atoms with Gasteiger partial charge in [-0.1, -0.05) is 53.7 Å². The lowest BCUT2D eigenvalue weighted by atomic mass is 9.30. The van der Waals surface area contributed by atoms with E-state index in [4.69, 9.17) is 4.74 Å². The molecule has 0 bridgehead atoms. The number of phenols is 1. The minimum atomic E-state index is -1.04. The van der Waals surface area contributed by atoms with Crippen molar-refractivity contribution in [3.8, 4) is 5.75 Å². The zero-order valence-corrected chi connectivity index (χ0v) is 28.9. The fraction of sp³-hybridized carbons (Fsp3) is 0.744. The predicted molar refractivity (Wildman–Crippen MR) is 176 cm³/mol.